The van der Waals surface area contributed by atoms with Crippen molar-refractivity contribution in [2.45, 2.75) is 51.6 Å². The molecule has 2 fully saturated rings. The molecule has 0 aromatic carbocycles. The van der Waals surface area contributed by atoms with E-state index in [1.807, 2.05) is 14.0 Å². The number of nitrogens with one attached hydrogen (secondary N) is 2. The first-order valence-electron chi connectivity index (χ1n) is 6.59. The Morgan fingerprint density at radius 1 is 1.25 bits per heavy atom. The topological polar surface area (TPSA) is 41.1 Å². The summed E-state index contributed by atoms with van der Waals surface area (Å²) >= 11 is 0. The summed E-state index contributed by atoms with van der Waals surface area (Å²) in [5.41, 5.74) is 0. The molecular weight excluding hydrogens is 200 g/mol. The van der Waals surface area contributed by atoms with Gasteiger partial charge in [0.05, 0.1) is 6.04 Å². The Labute approximate surface area is 98.4 Å². The van der Waals surface area contributed by atoms with Crippen LogP contribution in [-0.4, -0.2) is 25.0 Å². The predicted octanol–water partition coefficient (Wildman–Crippen LogP) is 1.54. The molecule has 5 atom stereocenters. The van der Waals surface area contributed by atoms with E-state index < -0.39 is 0 Å². The summed E-state index contributed by atoms with van der Waals surface area (Å²) in [6.45, 7) is 4.08. The summed E-state index contributed by atoms with van der Waals surface area (Å²) in [5.74, 6) is 2.70. The Balaban J connectivity index is 1.84. The Kier molecular flexibility index (Phi) is 3.53. The molecule has 2 bridgehead atoms. The monoisotopic (exact) mass is 224 g/mol. The Morgan fingerprint density at radius 3 is 2.50 bits per heavy atom. The lowest BCUT2D eigenvalue weighted by Gasteiger charge is -2.29. The second kappa shape index (κ2) is 4.74. The van der Waals surface area contributed by atoms with E-state index in [0.29, 0.717) is 6.04 Å². The Morgan fingerprint density at radius 2 is 2.00 bits per heavy atom. The van der Waals surface area contributed by atoms with Gasteiger partial charge in [-0.25, -0.2) is 0 Å². The van der Waals surface area contributed by atoms with Crippen LogP contribution in [-0.2, 0) is 4.79 Å². The highest BCUT2D eigenvalue weighted by molar-refractivity contribution is 5.81. The van der Waals surface area contributed by atoms with Gasteiger partial charge in [-0.15, -0.1) is 0 Å². The summed E-state index contributed by atoms with van der Waals surface area (Å²) in [6, 6.07) is 0.264. The molecule has 2 aliphatic carbocycles. The van der Waals surface area contributed by atoms with Gasteiger partial charge in [0.25, 0.3) is 0 Å². The average Bonchev–Trinajstić information content (AvgIpc) is 2.89. The number of carbonyl (C=O) groups excluding carboxylic acids is 1. The van der Waals surface area contributed by atoms with Crippen molar-refractivity contribution < 1.29 is 4.79 Å². The van der Waals surface area contributed by atoms with Crippen molar-refractivity contribution in [3.05, 3.63) is 0 Å². The standard InChI is InChI=1S/C13H24N2O/c1-8(15-13(16)9(2)14-3)12-7-10-4-5-11(12)6-10/h8-12,14H,4-7H2,1-3H3,(H,15,16). The van der Waals surface area contributed by atoms with Gasteiger partial charge < -0.3 is 10.6 Å². The van der Waals surface area contributed by atoms with Crippen LogP contribution < -0.4 is 10.6 Å². The van der Waals surface area contributed by atoms with Gasteiger partial charge in [-0.3, -0.25) is 4.79 Å². The van der Waals surface area contributed by atoms with Crippen LogP contribution in [0.4, 0.5) is 0 Å². The minimum atomic E-state index is -0.0824. The number of hydrogen-bond acceptors (Lipinski definition) is 2. The van der Waals surface area contributed by atoms with E-state index in [1.54, 1.807) is 0 Å². The number of hydrogen-bond donors (Lipinski definition) is 2. The van der Waals surface area contributed by atoms with Gasteiger partial charge in [0, 0.05) is 6.04 Å². The lowest BCUT2D eigenvalue weighted by molar-refractivity contribution is -0.123. The van der Waals surface area contributed by atoms with E-state index in [2.05, 4.69) is 17.6 Å². The van der Waals surface area contributed by atoms with Gasteiger partial charge in [0.1, 0.15) is 0 Å². The van der Waals surface area contributed by atoms with Crippen LogP contribution in [0.2, 0.25) is 0 Å². The highest BCUT2D eigenvalue weighted by atomic mass is 16.2. The first kappa shape index (κ1) is 11.9. The van der Waals surface area contributed by atoms with E-state index in [1.165, 1.54) is 25.7 Å². The van der Waals surface area contributed by atoms with Crippen LogP contribution in [0.25, 0.3) is 0 Å². The van der Waals surface area contributed by atoms with Crippen LogP contribution in [0.15, 0.2) is 0 Å². The first-order valence-corrected chi connectivity index (χ1v) is 6.59. The van der Waals surface area contributed by atoms with Crippen molar-refractivity contribution in [1.82, 2.24) is 10.6 Å². The third kappa shape index (κ3) is 2.24. The van der Waals surface area contributed by atoms with Crippen molar-refractivity contribution >= 4 is 5.91 Å². The van der Waals surface area contributed by atoms with E-state index in [0.717, 1.165) is 17.8 Å². The molecular formula is C13H24N2O. The fourth-order valence-electron chi connectivity index (χ4n) is 3.49. The predicted molar refractivity (Wildman–Crippen MR) is 65.1 cm³/mol. The number of fused-ring (bicyclic) bond motifs is 2. The lowest BCUT2D eigenvalue weighted by atomic mass is 9.84. The largest absolute Gasteiger partial charge is 0.352 e. The quantitative estimate of drug-likeness (QED) is 0.760. The number of carbonyl (C=O) groups is 1. The molecule has 0 aliphatic heterocycles. The molecule has 0 saturated heterocycles. The van der Waals surface area contributed by atoms with Gasteiger partial charge in [0.2, 0.25) is 5.91 Å². The molecule has 0 radical (unpaired) electrons. The highest BCUT2D eigenvalue weighted by Crippen LogP contribution is 2.49. The molecule has 0 heterocycles. The molecule has 3 nitrogen and oxygen atoms in total. The molecule has 0 aromatic heterocycles. The van der Waals surface area contributed by atoms with Crippen LogP contribution in [0.1, 0.15) is 39.5 Å². The van der Waals surface area contributed by atoms with E-state index >= 15 is 0 Å². The van der Waals surface area contributed by atoms with Gasteiger partial charge in [-0.1, -0.05) is 6.42 Å². The molecule has 16 heavy (non-hydrogen) atoms. The smallest absolute Gasteiger partial charge is 0.237 e. The third-order valence-electron chi connectivity index (χ3n) is 4.63. The Bertz CT molecular complexity index is 267. The zero-order valence-electron chi connectivity index (χ0n) is 10.6. The van der Waals surface area contributed by atoms with Crippen LogP contribution in [0.5, 0.6) is 0 Å². The minimum Gasteiger partial charge on any atom is -0.352 e. The van der Waals surface area contributed by atoms with Crippen molar-refractivity contribution in [2.24, 2.45) is 17.8 Å². The first-order chi connectivity index (χ1) is 7.61. The minimum absolute atomic E-state index is 0.0824. The summed E-state index contributed by atoms with van der Waals surface area (Å²) in [5, 5.41) is 6.14. The maximum absolute atomic E-state index is 11.8. The van der Waals surface area contributed by atoms with Gasteiger partial charge in [0.15, 0.2) is 0 Å². The summed E-state index contributed by atoms with van der Waals surface area (Å²) in [7, 11) is 1.83. The molecule has 2 aliphatic rings. The van der Waals surface area contributed by atoms with Crippen molar-refractivity contribution in [3.63, 3.8) is 0 Å². The molecule has 0 spiro atoms. The summed E-state index contributed by atoms with van der Waals surface area (Å²) < 4.78 is 0. The summed E-state index contributed by atoms with van der Waals surface area (Å²) in [4.78, 5) is 11.8. The van der Waals surface area contributed by atoms with E-state index in [-0.39, 0.29) is 11.9 Å². The van der Waals surface area contributed by atoms with Gasteiger partial charge in [-0.05, 0) is 57.9 Å². The highest BCUT2D eigenvalue weighted by Gasteiger charge is 2.42. The van der Waals surface area contributed by atoms with Gasteiger partial charge in [-0.2, -0.15) is 0 Å². The van der Waals surface area contributed by atoms with Crippen molar-refractivity contribution in [1.29, 1.82) is 0 Å². The zero-order valence-corrected chi connectivity index (χ0v) is 10.6. The zero-order chi connectivity index (χ0) is 11.7. The van der Waals surface area contributed by atoms with Crippen molar-refractivity contribution in [2.75, 3.05) is 7.05 Å². The van der Waals surface area contributed by atoms with E-state index in [4.69, 9.17) is 0 Å². The Hall–Kier alpha value is -0.570. The maximum Gasteiger partial charge on any atom is 0.237 e. The molecule has 3 heteroatoms. The SMILES string of the molecule is CNC(C)C(=O)NC(C)C1CC2CCC1C2. The third-order valence-corrected chi connectivity index (χ3v) is 4.63. The molecule has 92 valence electrons. The molecule has 2 saturated carbocycles. The van der Waals surface area contributed by atoms with Crippen molar-refractivity contribution in [3.8, 4) is 0 Å². The summed E-state index contributed by atoms with van der Waals surface area (Å²) in [6.07, 6.45) is 5.55. The molecule has 5 unspecified atom stereocenters. The molecule has 1 amide bonds. The number of amides is 1. The number of rotatable bonds is 4. The van der Waals surface area contributed by atoms with Crippen LogP contribution >= 0.6 is 0 Å². The average molecular weight is 224 g/mol. The van der Waals surface area contributed by atoms with Gasteiger partial charge >= 0.3 is 0 Å². The second-order valence-electron chi connectivity index (χ2n) is 5.65. The lowest BCUT2D eigenvalue weighted by Crippen LogP contribution is -2.47. The normalized spacial score (nSPS) is 36.1. The molecule has 0 aromatic rings. The second-order valence-corrected chi connectivity index (χ2v) is 5.65. The molecule has 2 rings (SSSR count). The maximum atomic E-state index is 11.8. The fourth-order valence-corrected chi connectivity index (χ4v) is 3.49. The van der Waals surface area contributed by atoms with Crippen LogP contribution in [0, 0.1) is 17.8 Å². The molecule has 2 N–H and O–H groups in total. The fraction of sp³-hybridized carbons (Fsp3) is 0.923. The van der Waals surface area contributed by atoms with E-state index in [9.17, 15) is 4.79 Å². The number of likely N-dealkylation sites (N-methyl/N-ethyl adjacent to an activating group) is 1. The van der Waals surface area contributed by atoms with Crippen LogP contribution in [0.3, 0.4) is 0 Å².